The molecule has 4 heteroatoms. The smallest absolute Gasteiger partial charge is 0.142 e. The van der Waals surface area contributed by atoms with Crippen molar-refractivity contribution in [3.05, 3.63) is 24.0 Å². The lowest BCUT2D eigenvalue weighted by Gasteiger charge is -2.22. The average Bonchev–Trinajstić information content (AvgIpc) is 3.13. The Kier molecular flexibility index (Phi) is 3.84. The first-order valence-corrected chi connectivity index (χ1v) is 5.99. The van der Waals surface area contributed by atoms with Gasteiger partial charge < -0.3 is 15.0 Å². The Labute approximate surface area is 102 Å². The van der Waals surface area contributed by atoms with Gasteiger partial charge in [0.1, 0.15) is 11.6 Å². The van der Waals surface area contributed by atoms with Crippen LogP contribution in [0, 0.1) is 5.82 Å². The fourth-order valence-electron chi connectivity index (χ4n) is 1.81. The highest BCUT2D eigenvalue weighted by molar-refractivity contribution is 5.58. The van der Waals surface area contributed by atoms with Crippen molar-refractivity contribution in [3.8, 4) is 5.75 Å². The SMILES string of the molecule is COc1ccc(F)cc1N(C)CCNC1CC1. The highest BCUT2D eigenvalue weighted by Gasteiger charge is 2.20. The third-order valence-corrected chi connectivity index (χ3v) is 3.01. The first-order chi connectivity index (χ1) is 8.20. The number of ether oxygens (including phenoxy) is 1. The van der Waals surface area contributed by atoms with Gasteiger partial charge in [0.2, 0.25) is 0 Å². The summed E-state index contributed by atoms with van der Waals surface area (Å²) in [6.07, 6.45) is 2.57. The van der Waals surface area contributed by atoms with Crippen LogP contribution in [0.1, 0.15) is 12.8 Å². The van der Waals surface area contributed by atoms with Crippen LogP contribution in [-0.4, -0.2) is 33.3 Å². The van der Waals surface area contributed by atoms with Crippen LogP contribution in [0.5, 0.6) is 5.75 Å². The van der Waals surface area contributed by atoms with Crippen LogP contribution in [0.4, 0.5) is 10.1 Å². The molecule has 0 aliphatic heterocycles. The highest BCUT2D eigenvalue weighted by Crippen LogP contribution is 2.27. The average molecular weight is 238 g/mol. The third kappa shape index (κ3) is 3.33. The van der Waals surface area contributed by atoms with E-state index in [-0.39, 0.29) is 5.82 Å². The van der Waals surface area contributed by atoms with E-state index >= 15 is 0 Å². The monoisotopic (exact) mass is 238 g/mol. The van der Waals surface area contributed by atoms with Crippen LogP contribution in [0.15, 0.2) is 18.2 Å². The maximum absolute atomic E-state index is 13.2. The largest absolute Gasteiger partial charge is 0.495 e. The van der Waals surface area contributed by atoms with Gasteiger partial charge in [0.25, 0.3) is 0 Å². The second-order valence-corrected chi connectivity index (χ2v) is 4.47. The number of methoxy groups -OCH3 is 1. The van der Waals surface area contributed by atoms with E-state index in [4.69, 9.17) is 4.74 Å². The quantitative estimate of drug-likeness (QED) is 0.820. The van der Waals surface area contributed by atoms with E-state index in [1.54, 1.807) is 13.2 Å². The van der Waals surface area contributed by atoms with Gasteiger partial charge >= 0.3 is 0 Å². The zero-order chi connectivity index (χ0) is 12.3. The van der Waals surface area contributed by atoms with Crippen molar-refractivity contribution < 1.29 is 9.13 Å². The molecule has 1 N–H and O–H groups in total. The topological polar surface area (TPSA) is 24.5 Å². The lowest BCUT2D eigenvalue weighted by Crippen LogP contribution is -2.30. The molecular weight excluding hydrogens is 219 g/mol. The molecule has 3 nitrogen and oxygen atoms in total. The molecule has 0 atom stereocenters. The van der Waals surface area contributed by atoms with Gasteiger partial charge in [-0.25, -0.2) is 4.39 Å². The van der Waals surface area contributed by atoms with E-state index in [2.05, 4.69) is 5.32 Å². The lowest BCUT2D eigenvalue weighted by atomic mass is 10.2. The first-order valence-electron chi connectivity index (χ1n) is 5.99. The number of benzene rings is 1. The lowest BCUT2D eigenvalue weighted by molar-refractivity contribution is 0.413. The second-order valence-electron chi connectivity index (χ2n) is 4.47. The summed E-state index contributed by atoms with van der Waals surface area (Å²) in [5, 5.41) is 3.43. The van der Waals surface area contributed by atoms with Crippen molar-refractivity contribution in [2.45, 2.75) is 18.9 Å². The minimum atomic E-state index is -0.234. The Hall–Kier alpha value is -1.29. The maximum Gasteiger partial charge on any atom is 0.142 e. The van der Waals surface area contributed by atoms with E-state index in [1.807, 2.05) is 11.9 Å². The molecule has 0 spiro atoms. The summed E-state index contributed by atoms with van der Waals surface area (Å²) in [4.78, 5) is 2.01. The van der Waals surface area contributed by atoms with Gasteiger partial charge in [0, 0.05) is 32.2 Å². The summed E-state index contributed by atoms with van der Waals surface area (Å²) < 4.78 is 18.4. The van der Waals surface area contributed by atoms with Gasteiger partial charge in [-0.2, -0.15) is 0 Å². The molecule has 1 aromatic carbocycles. The molecule has 0 radical (unpaired) electrons. The van der Waals surface area contributed by atoms with Crippen LogP contribution in [0.2, 0.25) is 0 Å². The van der Waals surface area contributed by atoms with Gasteiger partial charge in [-0.05, 0) is 25.0 Å². The number of nitrogens with zero attached hydrogens (tertiary/aromatic N) is 1. The molecule has 0 aromatic heterocycles. The predicted octanol–water partition coefficient (Wildman–Crippen LogP) is 2.02. The summed E-state index contributed by atoms with van der Waals surface area (Å²) in [6.45, 7) is 1.76. The number of likely N-dealkylation sites (N-methyl/N-ethyl adjacent to an activating group) is 1. The Morgan fingerprint density at radius 2 is 2.24 bits per heavy atom. The van der Waals surface area contributed by atoms with Gasteiger partial charge in [-0.1, -0.05) is 0 Å². The Morgan fingerprint density at radius 1 is 1.47 bits per heavy atom. The minimum Gasteiger partial charge on any atom is -0.495 e. The molecule has 0 saturated heterocycles. The molecule has 17 heavy (non-hydrogen) atoms. The van der Waals surface area contributed by atoms with Crippen LogP contribution >= 0.6 is 0 Å². The van der Waals surface area contributed by atoms with Crippen molar-refractivity contribution in [1.82, 2.24) is 5.32 Å². The molecule has 0 heterocycles. The summed E-state index contributed by atoms with van der Waals surface area (Å²) in [7, 11) is 3.55. The molecule has 94 valence electrons. The van der Waals surface area contributed by atoms with Gasteiger partial charge in [0.05, 0.1) is 12.8 Å². The van der Waals surface area contributed by atoms with E-state index in [1.165, 1.54) is 25.0 Å². The molecule has 1 saturated carbocycles. The van der Waals surface area contributed by atoms with Crippen molar-refractivity contribution >= 4 is 5.69 Å². The highest BCUT2D eigenvalue weighted by atomic mass is 19.1. The molecular formula is C13H19FN2O. The summed E-state index contributed by atoms with van der Waals surface area (Å²) in [6, 6.07) is 5.29. The number of hydrogen-bond donors (Lipinski definition) is 1. The first kappa shape index (κ1) is 12.2. The van der Waals surface area contributed by atoms with Crippen molar-refractivity contribution in [2.75, 3.05) is 32.1 Å². The van der Waals surface area contributed by atoms with E-state index in [9.17, 15) is 4.39 Å². The van der Waals surface area contributed by atoms with E-state index in [0.717, 1.165) is 18.8 Å². The zero-order valence-corrected chi connectivity index (χ0v) is 10.4. The molecule has 1 aliphatic carbocycles. The van der Waals surface area contributed by atoms with Crippen LogP contribution in [0.25, 0.3) is 0 Å². The van der Waals surface area contributed by atoms with Crippen molar-refractivity contribution in [1.29, 1.82) is 0 Å². The van der Waals surface area contributed by atoms with Crippen molar-refractivity contribution in [2.24, 2.45) is 0 Å². The second kappa shape index (κ2) is 5.36. The van der Waals surface area contributed by atoms with Crippen LogP contribution in [0.3, 0.4) is 0 Å². The van der Waals surface area contributed by atoms with Crippen LogP contribution < -0.4 is 15.0 Å². The molecule has 1 fully saturated rings. The van der Waals surface area contributed by atoms with Crippen molar-refractivity contribution in [3.63, 3.8) is 0 Å². The molecule has 0 bridgehead atoms. The zero-order valence-electron chi connectivity index (χ0n) is 10.4. The normalized spacial score (nSPS) is 14.8. The summed E-state index contributed by atoms with van der Waals surface area (Å²) >= 11 is 0. The van der Waals surface area contributed by atoms with E-state index < -0.39 is 0 Å². The third-order valence-electron chi connectivity index (χ3n) is 3.01. The molecule has 1 aromatic rings. The number of rotatable bonds is 6. The van der Waals surface area contributed by atoms with Gasteiger partial charge in [-0.15, -0.1) is 0 Å². The van der Waals surface area contributed by atoms with Gasteiger partial charge in [0.15, 0.2) is 0 Å². The van der Waals surface area contributed by atoms with Crippen LogP contribution in [-0.2, 0) is 0 Å². The number of halogens is 1. The van der Waals surface area contributed by atoms with Gasteiger partial charge in [-0.3, -0.25) is 0 Å². The Bertz CT molecular complexity index is 380. The maximum atomic E-state index is 13.2. The fourth-order valence-corrected chi connectivity index (χ4v) is 1.81. The summed E-state index contributed by atoms with van der Waals surface area (Å²) in [5.74, 6) is 0.475. The molecule has 0 unspecified atom stereocenters. The fraction of sp³-hybridized carbons (Fsp3) is 0.538. The number of anilines is 1. The molecule has 1 aliphatic rings. The molecule has 0 amide bonds. The minimum absolute atomic E-state index is 0.234. The van der Waals surface area contributed by atoms with E-state index in [0.29, 0.717) is 11.8 Å². The standard InChI is InChI=1S/C13H19FN2O/c1-16(8-7-15-11-4-5-11)12-9-10(14)3-6-13(12)17-2/h3,6,9,11,15H,4-5,7-8H2,1-2H3. The summed E-state index contributed by atoms with van der Waals surface area (Å²) in [5.41, 5.74) is 0.796. The Balaban J connectivity index is 1.95. The predicted molar refractivity (Wildman–Crippen MR) is 67.2 cm³/mol. The Morgan fingerprint density at radius 3 is 2.88 bits per heavy atom. The number of nitrogens with one attached hydrogen (secondary N) is 1. The molecule has 2 rings (SSSR count). The number of hydrogen-bond acceptors (Lipinski definition) is 3.